The van der Waals surface area contributed by atoms with Crippen molar-refractivity contribution in [2.24, 2.45) is 5.11 Å². The monoisotopic (exact) mass is 401 g/mol. The SMILES string of the molecule is C=C(C)C(=O)OCCCCCCCCCc1c(F)c(F)c(N=[N+]=[N-])c(F)c1F. The summed E-state index contributed by atoms with van der Waals surface area (Å²) in [5, 5.41) is 2.66. The molecule has 0 aliphatic rings. The van der Waals surface area contributed by atoms with E-state index in [9.17, 15) is 22.4 Å². The quantitative estimate of drug-likeness (QED) is 0.0580. The number of azide groups is 1. The molecule has 0 aliphatic heterocycles. The lowest BCUT2D eigenvalue weighted by atomic mass is 10.0. The Hall–Kier alpha value is -2.54. The van der Waals surface area contributed by atoms with Crippen LogP contribution in [0.25, 0.3) is 10.4 Å². The van der Waals surface area contributed by atoms with Gasteiger partial charge in [0.05, 0.1) is 6.61 Å². The fourth-order valence-electron chi connectivity index (χ4n) is 2.59. The second-order valence-electron chi connectivity index (χ2n) is 6.41. The molecule has 9 heteroatoms. The van der Waals surface area contributed by atoms with Gasteiger partial charge in [0.2, 0.25) is 0 Å². The van der Waals surface area contributed by atoms with Crippen LogP contribution >= 0.6 is 0 Å². The van der Waals surface area contributed by atoms with Gasteiger partial charge in [0.15, 0.2) is 23.3 Å². The maximum Gasteiger partial charge on any atom is 0.333 e. The zero-order valence-electron chi connectivity index (χ0n) is 15.7. The Labute approximate surface area is 161 Å². The third-order valence-electron chi connectivity index (χ3n) is 4.13. The third kappa shape index (κ3) is 6.88. The van der Waals surface area contributed by atoms with E-state index in [1.54, 1.807) is 6.92 Å². The molecule has 0 saturated heterocycles. The summed E-state index contributed by atoms with van der Waals surface area (Å²) < 4.78 is 60.1. The number of carbonyl (C=O) groups excluding carboxylic acids is 1. The molecular weight excluding hydrogens is 378 g/mol. The molecule has 0 atom stereocenters. The fraction of sp³-hybridized carbons (Fsp3) is 0.526. The lowest BCUT2D eigenvalue weighted by molar-refractivity contribution is -0.139. The summed E-state index contributed by atoms with van der Waals surface area (Å²) >= 11 is 0. The maximum absolute atomic E-state index is 13.9. The fourth-order valence-corrected chi connectivity index (χ4v) is 2.59. The van der Waals surface area contributed by atoms with Crippen LogP contribution in [0, 0.1) is 23.3 Å². The van der Waals surface area contributed by atoms with Gasteiger partial charge >= 0.3 is 5.97 Å². The predicted molar refractivity (Wildman–Crippen MR) is 96.9 cm³/mol. The summed E-state index contributed by atoms with van der Waals surface area (Å²) in [6.07, 6.45) is 5.08. The molecule has 0 radical (unpaired) electrons. The molecule has 5 nitrogen and oxygen atoms in total. The second-order valence-corrected chi connectivity index (χ2v) is 6.41. The van der Waals surface area contributed by atoms with Crippen LogP contribution in [0.1, 0.15) is 57.4 Å². The van der Waals surface area contributed by atoms with Crippen LogP contribution < -0.4 is 0 Å². The zero-order valence-corrected chi connectivity index (χ0v) is 15.7. The van der Waals surface area contributed by atoms with Gasteiger partial charge in [-0.2, -0.15) is 0 Å². The molecule has 0 heterocycles. The molecule has 1 aromatic rings. The minimum atomic E-state index is -1.68. The van der Waals surface area contributed by atoms with E-state index in [2.05, 4.69) is 16.6 Å². The van der Waals surface area contributed by atoms with Crippen molar-refractivity contribution in [3.8, 4) is 0 Å². The Morgan fingerprint density at radius 2 is 1.46 bits per heavy atom. The van der Waals surface area contributed by atoms with E-state index in [0.717, 1.165) is 32.1 Å². The summed E-state index contributed by atoms with van der Waals surface area (Å²) in [7, 11) is 0. The van der Waals surface area contributed by atoms with Crippen LogP contribution in [0.2, 0.25) is 0 Å². The zero-order chi connectivity index (χ0) is 21.1. The van der Waals surface area contributed by atoms with Crippen molar-refractivity contribution in [3.05, 3.63) is 51.4 Å². The van der Waals surface area contributed by atoms with E-state index in [0.29, 0.717) is 25.0 Å². The summed E-state index contributed by atoms with van der Waals surface area (Å²) in [5.41, 5.74) is 6.60. The molecule has 0 N–H and O–H groups in total. The number of esters is 1. The van der Waals surface area contributed by atoms with Gasteiger partial charge < -0.3 is 4.74 Å². The smallest absolute Gasteiger partial charge is 0.333 e. The van der Waals surface area contributed by atoms with Gasteiger partial charge in [0, 0.05) is 16.0 Å². The van der Waals surface area contributed by atoms with Gasteiger partial charge in [0.1, 0.15) is 5.69 Å². The van der Waals surface area contributed by atoms with Crippen LogP contribution in [0.15, 0.2) is 17.3 Å². The average Bonchev–Trinajstić information content (AvgIpc) is 2.67. The molecule has 0 aromatic heterocycles. The van der Waals surface area contributed by atoms with E-state index < -0.39 is 40.5 Å². The molecule has 0 amide bonds. The number of ether oxygens (including phenoxy) is 1. The highest BCUT2D eigenvalue weighted by molar-refractivity contribution is 5.86. The van der Waals surface area contributed by atoms with Crippen LogP contribution in [-0.4, -0.2) is 12.6 Å². The van der Waals surface area contributed by atoms with Crippen molar-refractivity contribution in [2.75, 3.05) is 6.61 Å². The first-order valence-electron chi connectivity index (χ1n) is 9.03. The van der Waals surface area contributed by atoms with Crippen LogP contribution in [-0.2, 0) is 16.0 Å². The predicted octanol–water partition coefficient (Wildman–Crippen LogP) is 6.58. The first-order chi connectivity index (χ1) is 13.3. The van der Waals surface area contributed by atoms with E-state index >= 15 is 0 Å². The third-order valence-corrected chi connectivity index (χ3v) is 4.13. The van der Waals surface area contributed by atoms with Gasteiger partial charge in [-0.3, -0.25) is 0 Å². The van der Waals surface area contributed by atoms with Crippen LogP contribution in [0.4, 0.5) is 23.2 Å². The Morgan fingerprint density at radius 1 is 0.964 bits per heavy atom. The first kappa shape index (κ1) is 23.5. The van der Waals surface area contributed by atoms with Crippen molar-refractivity contribution >= 4 is 11.7 Å². The Morgan fingerprint density at radius 3 is 1.96 bits per heavy atom. The van der Waals surface area contributed by atoms with Gasteiger partial charge in [-0.25, -0.2) is 22.4 Å². The van der Waals surface area contributed by atoms with Crippen molar-refractivity contribution in [3.63, 3.8) is 0 Å². The van der Waals surface area contributed by atoms with Gasteiger partial charge in [-0.15, -0.1) is 0 Å². The molecule has 1 aromatic carbocycles. The number of unbranched alkanes of at least 4 members (excludes halogenated alkanes) is 6. The molecular formula is C19H23F4N3O2. The number of benzene rings is 1. The Bertz CT molecular complexity index is 733. The number of hydrogen-bond acceptors (Lipinski definition) is 3. The van der Waals surface area contributed by atoms with Crippen molar-refractivity contribution in [2.45, 2.75) is 58.3 Å². The molecule has 0 spiro atoms. The summed E-state index contributed by atoms with van der Waals surface area (Å²) in [4.78, 5) is 13.3. The number of nitrogens with zero attached hydrogens (tertiary/aromatic N) is 3. The van der Waals surface area contributed by atoms with Crippen molar-refractivity contribution in [1.82, 2.24) is 0 Å². The van der Waals surface area contributed by atoms with Gasteiger partial charge in [0.25, 0.3) is 0 Å². The lowest BCUT2D eigenvalue weighted by Crippen LogP contribution is -2.06. The van der Waals surface area contributed by atoms with Crippen molar-refractivity contribution in [1.29, 1.82) is 0 Å². The van der Waals surface area contributed by atoms with E-state index in [4.69, 9.17) is 10.3 Å². The highest BCUT2D eigenvalue weighted by Gasteiger charge is 2.24. The summed E-state index contributed by atoms with van der Waals surface area (Å²) in [6, 6.07) is 0. The Balaban J connectivity index is 2.31. The van der Waals surface area contributed by atoms with E-state index in [1.165, 1.54) is 0 Å². The Kier molecular flexibility index (Phi) is 10.1. The first-order valence-corrected chi connectivity index (χ1v) is 9.03. The molecule has 28 heavy (non-hydrogen) atoms. The minimum Gasteiger partial charge on any atom is -0.462 e. The number of carbonyl (C=O) groups is 1. The highest BCUT2D eigenvalue weighted by atomic mass is 19.2. The summed E-state index contributed by atoms with van der Waals surface area (Å²) in [6.45, 7) is 5.41. The number of halogens is 4. The van der Waals surface area contributed by atoms with Crippen LogP contribution in [0.3, 0.4) is 0 Å². The molecule has 0 unspecified atom stereocenters. The van der Waals surface area contributed by atoms with E-state index in [1.807, 2.05) is 0 Å². The molecule has 0 saturated carbocycles. The molecule has 154 valence electrons. The number of hydrogen-bond donors (Lipinski definition) is 0. The van der Waals surface area contributed by atoms with E-state index in [-0.39, 0.29) is 6.42 Å². The normalized spacial score (nSPS) is 10.5. The second kappa shape index (κ2) is 12.0. The topological polar surface area (TPSA) is 75.1 Å². The molecule has 0 aliphatic carbocycles. The minimum absolute atomic E-state index is 0.154. The van der Waals surface area contributed by atoms with Crippen LogP contribution in [0.5, 0.6) is 0 Å². The van der Waals surface area contributed by atoms with Crippen molar-refractivity contribution < 1.29 is 27.1 Å². The summed E-state index contributed by atoms with van der Waals surface area (Å²) in [5.74, 6) is -6.81. The number of rotatable bonds is 12. The molecule has 0 fully saturated rings. The standard InChI is InChI=1S/C19H23F4N3O2/c1-12(2)19(27)28-11-9-7-5-3-4-6-8-10-13-14(20)16(22)18(25-26-24)17(23)15(13)21/h1,3-11H2,2H3. The molecule has 1 rings (SSSR count). The van der Waals surface area contributed by atoms with Gasteiger partial charge in [-0.1, -0.05) is 43.8 Å². The largest absolute Gasteiger partial charge is 0.462 e. The lowest BCUT2D eigenvalue weighted by Gasteiger charge is -2.09. The maximum atomic E-state index is 13.9. The highest BCUT2D eigenvalue weighted by Crippen LogP contribution is 2.31. The average molecular weight is 401 g/mol. The molecule has 0 bridgehead atoms. The van der Waals surface area contributed by atoms with Gasteiger partial charge in [-0.05, 0) is 31.7 Å².